The van der Waals surface area contributed by atoms with E-state index in [1.165, 1.54) is 22.6 Å². The van der Waals surface area contributed by atoms with Crippen LogP contribution >= 0.6 is 11.3 Å². The van der Waals surface area contributed by atoms with Crippen LogP contribution in [0.4, 0.5) is 5.69 Å². The van der Waals surface area contributed by atoms with Gasteiger partial charge in [-0.05, 0) is 60.5 Å². The summed E-state index contributed by atoms with van der Waals surface area (Å²) < 4.78 is 0. The maximum atomic E-state index is 4.89. The lowest BCUT2D eigenvalue weighted by Crippen LogP contribution is -2.29. The van der Waals surface area contributed by atoms with E-state index in [1.54, 1.807) is 11.3 Å². The predicted molar refractivity (Wildman–Crippen MR) is 95.0 cm³/mol. The molecule has 0 spiro atoms. The molecule has 3 heterocycles. The lowest BCUT2D eigenvalue weighted by molar-refractivity contribution is 0.570. The summed E-state index contributed by atoms with van der Waals surface area (Å²) in [5.41, 5.74) is 5.25. The van der Waals surface area contributed by atoms with Crippen LogP contribution in [0.25, 0.3) is 0 Å². The normalized spacial score (nSPS) is 15.4. The minimum absolute atomic E-state index is 0.451. The summed E-state index contributed by atoms with van der Waals surface area (Å²) in [5.74, 6) is 0.497. The first kappa shape index (κ1) is 15.5. The largest absolute Gasteiger partial charge is 0.363 e. The van der Waals surface area contributed by atoms with E-state index < -0.39 is 0 Å². The van der Waals surface area contributed by atoms with Gasteiger partial charge in [0.15, 0.2) is 0 Å². The molecule has 0 amide bonds. The highest BCUT2D eigenvalue weighted by Gasteiger charge is 2.28. The molecule has 1 aliphatic heterocycles. The van der Waals surface area contributed by atoms with Gasteiger partial charge in [-0.25, -0.2) is 0 Å². The molecular weight excluding hydrogens is 290 g/mol. The van der Waals surface area contributed by atoms with Crippen LogP contribution in [0.2, 0.25) is 0 Å². The average Bonchev–Trinajstić information content (AvgIpc) is 3.17. The van der Waals surface area contributed by atoms with Crippen LogP contribution in [0.1, 0.15) is 49.2 Å². The second-order valence-electron chi connectivity index (χ2n) is 6.26. The minimum atomic E-state index is 0.451. The highest BCUT2D eigenvalue weighted by molar-refractivity contribution is 7.08. The van der Waals surface area contributed by atoms with Crippen LogP contribution in [-0.2, 0) is 6.42 Å². The molecule has 0 bridgehead atoms. The average molecular weight is 315 g/mol. The molecule has 2 aromatic rings. The van der Waals surface area contributed by atoms with Crippen LogP contribution in [-0.4, -0.2) is 25.1 Å². The Kier molecular flexibility index (Phi) is 4.79. The van der Waals surface area contributed by atoms with E-state index in [0.717, 1.165) is 25.9 Å². The Balaban J connectivity index is 1.89. The molecule has 0 radical (unpaired) electrons. The summed E-state index contributed by atoms with van der Waals surface area (Å²) >= 11 is 1.79. The number of rotatable bonds is 6. The molecule has 0 saturated heterocycles. The molecule has 0 unspecified atom stereocenters. The Morgan fingerprint density at radius 3 is 2.86 bits per heavy atom. The number of fused-ring (bicyclic) bond motifs is 1. The zero-order valence-corrected chi connectivity index (χ0v) is 14.5. The highest BCUT2D eigenvalue weighted by Crippen LogP contribution is 2.37. The van der Waals surface area contributed by atoms with Crippen LogP contribution in [0.5, 0.6) is 0 Å². The van der Waals surface area contributed by atoms with Crippen molar-refractivity contribution in [3.05, 3.63) is 45.9 Å². The van der Waals surface area contributed by atoms with Crippen LogP contribution in [0.3, 0.4) is 0 Å². The van der Waals surface area contributed by atoms with Gasteiger partial charge < -0.3 is 10.2 Å². The molecule has 22 heavy (non-hydrogen) atoms. The Hall–Kier alpha value is -1.39. The summed E-state index contributed by atoms with van der Waals surface area (Å²) in [7, 11) is 2.03. The second-order valence-corrected chi connectivity index (χ2v) is 7.04. The standard InChI is InChI=1S/C18H25N3S/c1-13(2)15-4-5-18-16(20-15)7-10-21(18)17(6-9-19-3)14-8-11-22-12-14/h4-5,8,11-13,17,19H,6-7,9-10H2,1-3H3/t17-/m1/s1. The first-order valence-corrected chi connectivity index (χ1v) is 9.08. The van der Waals surface area contributed by atoms with E-state index in [0.29, 0.717) is 12.0 Å². The van der Waals surface area contributed by atoms with Gasteiger partial charge in [0.05, 0.1) is 17.4 Å². The summed E-state index contributed by atoms with van der Waals surface area (Å²) in [4.78, 5) is 7.44. The fourth-order valence-electron chi connectivity index (χ4n) is 3.20. The number of nitrogens with one attached hydrogen (secondary N) is 1. The number of thiophene rings is 1. The van der Waals surface area contributed by atoms with Crippen molar-refractivity contribution in [1.29, 1.82) is 0 Å². The minimum Gasteiger partial charge on any atom is -0.363 e. The molecule has 0 aliphatic carbocycles. The van der Waals surface area contributed by atoms with Gasteiger partial charge in [0.25, 0.3) is 0 Å². The lowest BCUT2D eigenvalue weighted by atomic mass is 10.0. The quantitative estimate of drug-likeness (QED) is 0.874. The first-order valence-electron chi connectivity index (χ1n) is 8.14. The number of anilines is 1. The molecule has 2 aromatic heterocycles. The number of pyridine rings is 1. The second kappa shape index (κ2) is 6.80. The Morgan fingerprint density at radius 2 is 2.18 bits per heavy atom. The first-order chi connectivity index (χ1) is 10.7. The molecule has 1 aliphatic rings. The number of aromatic nitrogens is 1. The Bertz CT molecular complexity index is 607. The molecule has 0 fully saturated rings. The SMILES string of the molecule is CNCC[C@H](c1ccsc1)N1CCc2nc(C(C)C)ccc21. The van der Waals surface area contributed by atoms with Gasteiger partial charge in [-0.1, -0.05) is 13.8 Å². The van der Waals surface area contributed by atoms with E-state index in [-0.39, 0.29) is 0 Å². The van der Waals surface area contributed by atoms with Crippen molar-refractivity contribution < 1.29 is 0 Å². The van der Waals surface area contributed by atoms with Crippen LogP contribution < -0.4 is 10.2 Å². The third-order valence-corrected chi connectivity index (χ3v) is 5.14. The number of hydrogen-bond acceptors (Lipinski definition) is 4. The topological polar surface area (TPSA) is 28.2 Å². The van der Waals surface area contributed by atoms with Crippen molar-refractivity contribution in [2.45, 2.75) is 38.6 Å². The smallest absolute Gasteiger partial charge is 0.0657 e. The molecule has 118 valence electrons. The predicted octanol–water partition coefficient (Wildman–Crippen LogP) is 3.98. The zero-order valence-electron chi connectivity index (χ0n) is 13.7. The Labute approximate surface area is 137 Å². The van der Waals surface area contributed by atoms with Gasteiger partial charge in [0, 0.05) is 18.7 Å². The maximum absolute atomic E-state index is 4.89. The van der Waals surface area contributed by atoms with Gasteiger partial charge in [0.2, 0.25) is 0 Å². The summed E-state index contributed by atoms with van der Waals surface area (Å²) in [5, 5.41) is 7.76. The fourth-order valence-corrected chi connectivity index (χ4v) is 3.90. The van der Waals surface area contributed by atoms with E-state index in [2.05, 4.69) is 53.0 Å². The van der Waals surface area contributed by atoms with Crippen molar-refractivity contribution >= 4 is 17.0 Å². The molecule has 3 nitrogen and oxygen atoms in total. The molecule has 3 rings (SSSR count). The van der Waals surface area contributed by atoms with Gasteiger partial charge in [-0.2, -0.15) is 11.3 Å². The van der Waals surface area contributed by atoms with Gasteiger partial charge in [0.1, 0.15) is 0 Å². The van der Waals surface area contributed by atoms with Crippen molar-refractivity contribution in [1.82, 2.24) is 10.3 Å². The van der Waals surface area contributed by atoms with Crippen LogP contribution in [0.15, 0.2) is 29.0 Å². The molecule has 0 aromatic carbocycles. The van der Waals surface area contributed by atoms with Crippen molar-refractivity contribution in [2.24, 2.45) is 0 Å². The third-order valence-electron chi connectivity index (χ3n) is 4.43. The summed E-state index contributed by atoms with van der Waals surface area (Å²) in [6, 6.07) is 7.19. The van der Waals surface area contributed by atoms with Crippen molar-refractivity contribution in [3.8, 4) is 0 Å². The number of nitrogens with zero attached hydrogens (tertiary/aromatic N) is 2. The third kappa shape index (κ3) is 3.03. The highest BCUT2D eigenvalue weighted by atomic mass is 32.1. The van der Waals surface area contributed by atoms with E-state index in [9.17, 15) is 0 Å². The molecular formula is C18H25N3S. The van der Waals surface area contributed by atoms with E-state index in [4.69, 9.17) is 4.98 Å². The van der Waals surface area contributed by atoms with Gasteiger partial charge >= 0.3 is 0 Å². The van der Waals surface area contributed by atoms with E-state index >= 15 is 0 Å². The van der Waals surface area contributed by atoms with Gasteiger partial charge in [-0.15, -0.1) is 0 Å². The van der Waals surface area contributed by atoms with Crippen molar-refractivity contribution in [3.63, 3.8) is 0 Å². The number of hydrogen-bond donors (Lipinski definition) is 1. The van der Waals surface area contributed by atoms with E-state index in [1.807, 2.05) is 7.05 Å². The summed E-state index contributed by atoms with van der Waals surface area (Å²) in [6.45, 7) is 6.53. The fraction of sp³-hybridized carbons (Fsp3) is 0.500. The Morgan fingerprint density at radius 1 is 1.32 bits per heavy atom. The molecule has 4 heteroatoms. The summed E-state index contributed by atoms with van der Waals surface area (Å²) in [6.07, 6.45) is 2.19. The van der Waals surface area contributed by atoms with Crippen molar-refractivity contribution in [2.75, 3.05) is 25.0 Å². The lowest BCUT2D eigenvalue weighted by Gasteiger charge is -2.30. The maximum Gasteiger partial charge on any atom is 0.0657 e. The molecule has 0 saturated carbocycles. The van der Waals surface area contributed by atoms with Crippen LogP contribution in [0, 0.1) is 0 Å². The monoisotopic (exact) mass is 315 g/mol. The molecule has 1 atom stereocenters. The zero-order chi connectivity index (χ0) is 15.5. The molecule has 1 N–H and O–H groups in total. The van der Waals surface area contributed by atoms with Gasteiger partial charge in [-0.3, -0.25) is 4.98 Å².